The summed E-state index contributed by atoms with van der Waals surface area (Å²) in [5.74, 6) is 0.713. The quantitative estimate of drug-likeness (QED) is 0.232. The van der Waals surface area contributed by atoms with Crippen LogP contribution in [0.15, 0.2) is 0 Å². The molecular formula is C24H51N. The van der Waals surface area contributed by atoms with E-state index in [-0.39, 0.29) is 5.54 Å². The van der Waals surface area contributed by atoms with Crippen molar-refractivity contribution in [1.29, 1.82) is 0 Å². The maximum absolute atomic E-state index is 6.37. The summed E-state index contributed by atoms with van der Waals surface area (Å²) < 4.78 is 0. The molecule has 0 aromatic carbocycles. The molecule has 0 aromatic heterocycles. The van der Waals surface area contributed by atoms with Crippen LogP contribution in [0.25, 0.3) is 0 Å². The Kier molecular flexibility index (Phi) is 17.3. The SMILES string of the molecule is CCCCCCCCCCCCCCCCC(CCCC)C(C)(C)N. The average Bonchev–Trinajstić information content (AvgIpc) is 2.56. The Labute approximate surface area is 160 Å². The highest BCUT2D eigenvalue weighted by molar-refractivity contribution is 4.82. The minimum atomic E-state index is 0.00566. The van der Waals surface area contributed by atoms with Gasteiger partial charge in [0.25, 0.3) is 0 Å². The van der Waals surface area contributed by atoms with Crippen LogP contribution in [0.3, 0.4) is 0 Å². The molecule has 0 heterocycles. The molecule has 0 aromatic rings. The maximum atomic E-state index is 6.37. The normalized spacial score (nSPS) is 13.3. The zero-order valence-corrected chi connectivity index (χ0v) is 18.4. The van der Waals surface area contributed by atoms with Crippen LogP contribution in [-0.2, 0) is 0 Å². The van der Waals surface area contributed by atoms with Crippen molar-refractivity contribution in [3.63, 3.8) is 0 Å². The van der Waals surface area contributed by atoms with Gasteiger partial charge >= 0.3 is 0 Å². The van der Waals surface area contributed by atoms with E-state index in [9.17, 15) is 0 Å². The Morgan fingerprint density at radius 2 is 0.840 bits per heavy atom. The molecule has 0 radical (unpaired) electrons. The maximum Gasteiger partial charge on any atom is 0.0125 e. The third-order valence-corrected chi connectivity index (χ3v) is 5.86. The molecule has 1 atom stereocenters. The topological polar surface area (TPSA) is 26.0 Å². The molecule has 0 spiro atoms. The fraction of sp³-hybridized carbons (Fsp3) is 1.00. The average molecular weight is 354 g/mol. The van der Waals surface area contributed by atoms with Gasteiger partial charge < -0.3 is 5.73 Å². The number of hydrogen-bond acceptors (Lipinski definition) is 1. The molecule has 25 heavy (non-hydrogen) atoms. The smallest absolute Gasteiger partial charge is 0.0125 e. The molecular weight excluding hydrogens is 302 g/mol. The van der Waals surface area contributed by atoms with Crippen LogP contribution in [-0.4, -0.2) is 5.54 Å². The fourth-order valence-corrected chi connectivity index (χ4v) is 3.92. The van der Waals surface area contributed by atoms with E-state index in [1.54, 1.807) is 0 Å². The minimum absolute atomic E-state index is 0.00566. The van der Waals surface area contributed by atoms with Crippen molar-refractivity contribution >= 4 is 0 Å². The highest BCUT2D eigenvalue weighted by atomic mass is 14.7. The van der Waals surface area contributed by atoms with Gasteiger partial charge in [0.05, 0.1) is 0 Å². The second-order valence-corrected chi connectivity index (χ2v) is 9.05. The first kappa shape index (κ1) is 25.0. The molecule has 152 valence electrons. The van der Waals surface area contributed by atoms with Crippen molar-refractivity contribution in [3.8, 4) is 0 Å². The van der Waals surface area contributed by atoms with Crippen LogP contribution in [0.5, 0.6) is 0 Å². The van der Waals surface area contributed by atoms with E-state index < -0.39 is 0 Å². The lowest BCUT2D eigenvalue weighted by Crippen LogP contribution is -2.40. The van der Waals surface area contributed by atoms with Gasteiger partial charge in [-0.25, -0.2) is 0 Å². The third kappa shape index (κ3) is 17.1. The van der Waals surface area contributed by atoms with Crippen LogP contribution in [0.4, 0.5) is 0 Å². The number of unbranched alkanes of at least 4 members (excludes halogenated alkanes) is 14. The van der Waals surface area contributed by atoms with E-state index in [4.69, 9.17) is 5.73 Å². The summed E-state index contributed by atoms with van der Waals surface area (Å²) in [5.41, 5.74) is 6.38. The zero-order valence-electron chi connectivity index (χ0n) is 18.4. The molecule has 0 saturated carbocycles. The summed E-state index contributed by atoms with van der Waals surface area (Å²) >= 11 is 0. The van der Waals surface area contributed by atoms with Crippen molar-refractivity contribution in [1.82, 2.24) is 0 Å². The van der Waals surface area contributed by atoms with E-state index in [0.29, 0.717) is 5.92 Å². The highest BCUT2D eigenvalue weighted by Gasteiger charge is 2.23. The molecule has 0 aliphatic rings. The molecule has 0 aliphatic carbocycles. The Bertz CT molecular complexity index is 253. The van der Waals surface area contributed by atoms with Gasteiger partial charge in [-0.05, 0) is 32.6 Å². The standard InChI is InChI=1S/C24H51N/c1-5-7-9-10-11-12-13-14-15-16-17-18-19-20-22-23(21-8-6-2)24(3,4)25/h23H,5-22,25H2,1-4H3. The Hall–Kier alpha value is -0.0400. The third-order valence-electron chi connectivity index (χ3n) is 5.86. The highest BCUT2D eigenvalue weighted by Crippen LogP contribution is 2.26. The minimum Gasteiger partial charge on any atom is -0.325 e. The lowest BCUT2D eigenvalue weighted by Gasteiger charge is -2.30. The molecule has 0 saturated heterocycles. The van der Waals surface area contributed by atoms with E-state index in [0.717, 1.165) is 0 Å². The van der Waals surface area contributed by atoms with Crippen molar-refractivity contribution in [2.45, 2.75) is 149 Å². The summed E-state index contributed by atoms with van der Waals surface area (Å²) in [4.78, 5) is 0. The second-order valence-electron chi connectivity index (χ2n) is 9.05. The summed E-state index contributed by atoms with van der Waals surface area (Å²) in [7, 11) is 0. The molecule has 1 heteroatoms. The zero-order chi connectivity index (χ0) is 18.8. The van der Waals surface area contributed by atoms with Crippen LogP contribution >= 0.6 is 0 Å². The van der Waals surface area contributed by atoms with Crippen molar-refractivity contribution in [3.05, 3.63) is 0 Å². The van der Waals surface area contributed by atoms with Gasteiger partial charge in [0.2, 0.25) is 0 Å². The van der Waals surface area contributed by atoms with Crippen molar-refractivity contribution in [2.75, 3.05) is 0 Å². The first-order valence-electron chi connectivity index (χ1n) is 11.8. The van der Waals surface area contributed by atoms with Gasteiger partial charge in [-0.2, -0.15) is 0 Å². The first-order valence-corrected chi connectivity index (χ1v) is 11.8. The molecule has 1 unspecified atom stereocenters. The van der Waals surface area contributed by atoms with Gasteiger partial charge in [0, 0.05) is 5.54 Å². The molecule has 0 bridgehead atoms. The summed E-state index contributed by atoms with van der Waals surface area (Å²) in [6, 6.07) is 0. The van der Waals surface area contributed by atoms with Crippen molar-refractivity contribution < 1.29 is 0 Å². The Morgan fingerprint density at radius 1 is 0.520 bits per heavy atom. The number of nitrogens with two attached hydrogens (primary N) is 1. The lowest BCUT2D eigenvalue weighted by atomic mass is 9.81. The summed E-state index contributed by atoms with van der Waals surface area (Å²) in [5, 5.41) is 0. The van der Waals surface area contributed by atoms with Gasteiger partial charge in [-0.15, -0.1) is 0 Å². The molecule has 2 N–H and O–H groups in total. The number of rotatable bonds is 19. The molecule has 0 amide bonds. The predicted octanol–water partition coefficient (Wildman–Crippen LogP) is 8.40. The Morgan fingerprint density at radius 3 is 1.20 bits per heavy atom. The van der Waals surface area contributed by atoms with E-state index in [1.807, 2.05) is 0 Å². The fourth-order valence-electron chi connectivity index (χ4n) is 3.92. The largest absolute Gasteiger partial charge is 0.325 e. The molecule has 0 fully saturated rings. The summed E-state index contributed by atoms with van der Waals surface area (Å²) in [6.07, 6.45) is 25.5. The van der Waals surface area contributed by atoms with Gasteiger partial charge in [0.1, 0.15) is 0 Å². The van der Waals surface area contributed by atoms with E-state index >= 15 is 0 Å². The predicted molar refractivity (Wildman–Crippen MR) is 116 cm³/mol. The van der Waals surface area contributed by atoms with Gasteiger partial charge in [0.15, 0.2) is 0 Å². The second kappa shape index (κ2) is 17.4. The number of hydrogen-bond donors (Lipinski definition) is 1. The van der Waals surface area contributed by atoms with Crippen LogP contribution in [0, 0.1) is 5.92 Å². The van der Waals surface area contributed by atoms with Crippen molar-refractivity contribution in [2.24, 2.45) is 11.7 Å². The molecule has 1 nitrogen and oxygen atoms in total. The van der Waals surface area contributed by atoms with Crippen LogP contribution < -0.4 is 5.73 Å². The van der Waals surface area contributed by atoms with Crippen LogP contribution in [0.2, 0.25) is 0 Å². The lowest BCUT2D eigenvalue weighted by molar-refractivity contribution is 0.269. The van der Waals surface area contributed by atoms with Gasteiger partial charge in [-0.1, -0.05) is 117 Å². The van der Waals surface area contributed by atoms with E-state index in [2.05, 4.69) is 27.7 Å². The molecule has 0 rings (SSSR count). The Balaban J connectivity index is 3.37. The summed E-state index contributed by atoms with van der Waals surface area (Å²) in [6.45, 7) is 9.02. The van der Waals surface area contributed by atoms with E-state index in [1.165, 1.54) is 116 Å². The first-order chi connectivity index (χ1) is 12.0. The van der Waals surface area contributed by atoms with Gasteiger partial charge in [-0.3, -0.25) is 0 Å². The molecule has 0 aliphatic heterocycles. The monoisotopic (exact) mass is 353 g/mol. The van der Waals surface area contributed by atoms with Crippen LogP contribution in [0.1, 0.15) is 143 Å².